The number of hydrogen-bond acceptors (Lipinski definition) is 4. The fourth-order valence-corrected chi connectivity index (χ4v) is 7.48. The third-order valence-corrected chi connectivity index (χ3v) is 8.72. The van der Waals surface area contributed by atoms with Gasteiger partial charge in [0.15, 0.2) is 11.4 Å². The Morgan fingerprint density at radius 2 is 1.96 bits per heavy atom. The van der Waals surface area contributed by atoms with Crippen LogP contribution in [0.25, 0.3) is 0 Å². The number of aliphatic hydroxyl groups is 2. The average molecular weight is 362 g/mol. The summed E-state index contributed by atoms with van der Waals surface area (Å²) in [5.74, 6) is -0.421. The minimum atomic E-state index is -1.76. The highest BCUT2D eigenvalue weighted by Crippen LogP contribution is 2.68. The van der Waals surface area contributed by atoms with Gasteiger partial charge in [0.05, 0.1) is 6.10 Å². The number of allylic oxidation sites excluding steroid dienone is 1. The topological polar surface area (TPSA) is 94.8 Å². The van der Waals surface area contributed by atoms with E-state index >= 15 is 0 Å². The summed E-state index contributed by atoms with van der Waals surface area (Å²) in [7, 11) is 0. The van der Waals surface area contributed by atoms with Gasteiger partial charge in [-0.25, -0.2) is 4.79 Å². The fourth-order valence-electron chi connectivity index (χ4n) is 7.48. The molecule has 0 aromatic heterocycles. The number of fused-ring (bicyclic) bond motifs is 5. The Kier molecular flexibility index (Phi) is 3.79. The van der Waals surface area contributed by atoms with Crippen molar-refractivity contribution in [3.05, 3.63) is 11.6 Å². The summed E-state index contributed by atoms with van der Waals surface area (Å²) in [6.45, 7) is 6.19. The summed E-state index contributed by atoms with van der Waals surface area (Å²) in [4.78, 5) is 23.9. The van der Waals surface area contributed by atoms with Crippen LogP contribution in [-0.4, -0.2) is 38.8 Å². The molecule has 3 fully saturated rings. The Labute approximate surface area is 154 Å². The maximum atomic E-state index is 12.0. The highest BCUT2D eigenvalue weighted by molar-refractivity contribution is 5.91. The first kappa shape index (κ1) is 18.2. The maximum absolute atomic E-state index is 12.0. The van der Waals surface area contributed by atoms with Crippen molar-refractivity contribution in [1.82, 2.24) is 0 Å². The third kappa shape index (κ3) is 2.04. The number of aliphatic carboxylic acids is 1. The second-order valence-corrected chi connectivity index (χ2v) is 9.81. The molecule has 0 aliphatic heterocycles. The normalized spacial score (nSPS) is 53.3. The first-order valence-electron chi connectivity index (χ1n) is 9.93. The summed E-state index contributed by atoms with van der Waals surface area (Å²) in [6, 6.07) is 0. The lowest BCUT2D eigenvalue weighted by molar-refractivity contribution is -0.196. The van der Waals surface area contributed by atoms with Crippen LogP contribution >= 0.6 is 0 Å². The quantitative estimate of drug-likeness (QED) is 0.666. The van der Waals surface area contributed by atoms with E-state index in [0.717, 1.165) is 12.8 Å². The molecule has 5 nitrogen and oxygen atoms in total. The Morgan fingerprint density at radius 3 is 2.62 bits per heavy atom. The van der Waals surface area contributed by atoms with E-state index in [1.54, 1.807) is 0 Å². The summed E-state index contributed by atoms with van der Waals surface area (Å²) < 4.78 is 0. The predicted molar refractivity (Wildman–Crippen MR) is 95.2 cm³/mol. The Morgan fingerprint density at radius 1 is 1.27 bits per heavy atom. The van der Waals surface area contributed by atoms with E-state index in [-0.39, 0.29) is 41.3 Å². The van der Waals surface area contributed by atoms with Gasteiger partial charge in [-0.2, -0.15) is 0 Å². The lowest BCUT2D eigenvalue weighted by Crippen LogP contribution is -2.62. The SMILES string of the molecule is C[C@H]1C[C@@H]2[C@H]([C@@H](O)C[C@@]3(C)[C@H]2CC[C@]3(O)C(=O)O)[C@@]2(C)CCC(=O)C=C12. The van der Waals surface area contributed by atoms with Crippen molar-refractivity contribution in [2.45, 2.75) is 71.0 Å². The van der Waals surface area contributed by atoms with Gasteiger partial charge in [0.1, 0.15) is 0 Å². The first-order valence-corrected chi connectivity index (χ1v) is 9.93. The molecule has 4 aliphatic rings. The van der Waals surface area contributed by atoms with Gasteiger partial charge in [-0.05, 0) is 67.3 Å². The molecule has 26 heavy (non-hydrogen) atoms. The summed E-state index contributed by atoms with van der Waals surface area (Å²) in [6.07, 6.45) is 4.54. The minimum Gasteiger partial charge on any atom is -0.479 e. The lowest BCUT2D eigenvalue weighted by Gasteiger charge is -2.61. The number of rotatable bonds is 1. The van der Waals surface area contributed by atoms with Crippen LogP contribution in [0.4, 0.5) is 0 Å². The van der Waals surface area contributed by atoms with Gasteiger partial charge in [-0.3, -0.25) is 4.79 Å². The van der Waals surface area contributed by atoms with Gasteiger partial charge in [0.25, 0.3) is 0 Å². The van der Waals surface area contributed by atoms with Gasteiger partial charge >= 0.3 is 5.97 Å². The highest BCUT2D eigenvalue weighted by Gasteiger charge is 2.69. The molecule has 8 atom stereocenters. The predicted octanol–water partition coefficient (Wildman–Crippen LogP) is 2.55. The Balaban J connectivity index is 1.79. The number of hydrogen-bond donors (Lipinski definition) is 3. The molecule has 3 saturated carbocycles. The first-order chi connectivity index (χ1) is 12.0. The fraction of sp³-hybridized carbons (Fsp3) is 0.810. The van der Waals surface area contributed by atoms with Gasteiger partial charge in [-0.15, -0.1) is 0 Å². The van der Waals surface area contributed by atoms with Crippen LogP contribution in [0.3, 0.4) is 0 Å². The molecular weight excluding hydrogens is 332 g/mol. The van der Waals surface area contributed by atoms with Crippen molar-refractivity contribution >= 4 is 11.8 Å². The van der Waals surface area contributed by atoms with Gasteiger partial charge in [0, 0.05) is 11.8 Å². The molecule has 0 spiro atoms. The molecule has 5 heteroatoms. The molecular formula is C21H30O5. The van der Waals surface area contributed by atoms with Gasteiger partial charge < -0.3 is 15.3 Å². The molecule has 0 unspecified atom stereocenters. The van der Waals surface area contributed by atoms with Crippen molar-refractivity contribution in [2.24, 2.45) is 34.5 Å². The molecule has 4 rings (SSSR count). The zero-order valence-electron chi connectivity index (χ0n) is 15.9. The van der Waals surface area contributed by atoms with Crippen molar-refractivity contribution < 1.29 is 24.9 Å². The number of ketones is 1. The molecule has 0 amide bonds. The Hall–Kier alpha value is -1.20. The third-order valence-electron chi connectivity index (χ3n) is 8.72. The molecule has 144 valence electrons. The van der Waals surface area contributed by atoms with Crippen LogP contribution in [0.15, 0.2) is 11.6 Å². The van der Waals surface area contributed by atoms with Gasteiger partial charge in [-0.1, -0.05) is 26.3 Å². The molecule has 3 N–H and O–H groups in total. The maximum Gasteiger partial charge on any atom is 0.336 e. The molecule has 4 aliphatic carbocycles. The second kappa shape index (κ2) is 5.41. The zero-order chi connectivity index (χ0) is 19.1. The second-order valence-electron chi connectivity index (χ2n) is 9.81. The molecule has 0 aromatic carbocycles. The van der Waals surface area contributed by atoms with E-state index in [1.165, 1.54) is 5.57 Å². The summed E-state index contributed by atoms with van der Waals surface area (Å²) in [5.41, 5.74) is -1.60. The van der Waals surface area contributed by atoms with Crippen molar-refractivity contribution in [2.75, 3.05) is 0 Å². The molecule has 0 radical (unpaired) electrons. The van der Waals surface area contributed by atoms with Crippen molar-refractivity contribution in [3.63, 3.8) is 0 Å². The van der Waals surface area contributed by atoms with E-state index in [4.69, 9.17) is 0 Å². The number of carboxylic acids is 1. The monoisotopic (exact) mass is 362 g/mol. The Bertz CT molecular complexity index is 699. The van der Waals surface area contributed by atoms with E-state index in [9.17, 15) is 24.9 Å². The lowest BCUT2D eigenvalue weighted by atomic mass is 9.44. The molecule has 0 saturated heterocycles. The standard InChI is InChI=1S/C21H30O5/c1-11-8-13-14-5-7-21(26,18(24)25)20(14,3)10-16(23)17(13)19(2)6-4-12(22)9-15(11)19/h9,11,13-14,16-17,23,26H,4-8,10H2,1-3H3,(H,24,25)/t11-,13-,14-,16-,17+,19-,20-,21-/m0/s1. The number of carbonyl (C=O) groups is 2. The van der Waals surface area contributed by atoms with E-state index < -0.39 is 23.1 Å². The van der Waals surface area contributed by atoms with Crippen LogP contribution in [0, 0.1) is 34.5 Å². The van der Waals surface area contributed by atoms with Crippen LogP contribution in [0.5, 0.6) is 0 Å². The van der Waals surface area contributed by atoms with Crippen LogP contribution in [-0.2, 0) is 9.59 Å². The van der Waals surface area contributed by atoms with Crippen molar-refractivity contribution in [3.8, 4) is 0 Å². The van der Waals surface area contributed by atoms with E-state index in [2.05, 4.69) is 13.8 Å². The summed E-state index contributed by atoms with van der Waals surface area (Å²) >= 11 is 0. The number of carbonyl (C=O) groups excluding carboxylic acids is 1. The van der Waals surface area contributed by atoms with Crippen LogP contribution in [0.1, 0.15) is 59.3 Å². The smallest absolute Gasteiger partial charge is 0.336 e. The molecule has 0 bridgehead atoms. The number of carboxylic acid groups (broad SMARTS) is 1. The largest absolute Gasteiger partial charge is 0.479 e. The average Bonchev–Trinajstić information content (AvgIpc) is 2.81. The summed E-state index contributed by atoms with van der Waals surface area (Å²) in [5, 5.41) is 31.8. The van der Waals surface area contributed by atoms with Crippen LogP contribution in [0.2, 0.25) is 0 Å². The molecule has 0 aromatic rings. The number of aliphatic hydroxyl groups excluding tert-OH is 1. The van der Waals surface area contributed by atoms with Crippen LogP contribution < -0.4 is 0 Å². The molecule has 0 heterocycles. The zero-order valence-corrected chi connectivity index (χ0v) is 15.9. The minimum absolute atomic E-state index is 0.0345. The van der Waals surface area contributed by atoms with E-state index in [0.29, 0.717) is 19.3 Å². The van der Waals surface area contributed by atoms with Crippen molar-refractivity contribution in [1.29, 1.82) is 0 Å². The van der Waals surface area contributed by atoms with Gasteiger partial charge in [0.2, 0.25) is 0 Å². The van der Waals surface area contributed by atoms with E-state index in [1.807, 2.05) is 13.0 Å². The highest BCUT2D eigenvalue weighted by atomic mass is 16.4.